The number of hydrogen-bond acceptors (Lipinski definition) is 6. The summed E-state index contributed by atoms with van der Waals surface area (Å²) in [5.41, 5.74) is 2.55. The summed E-state index contributed by atoms with van der Waals surface area (Å²) >= 11 is 2.60. The van der Waals surface area contributed by atoms with E-state index in [1.54, 1.807) is 30.5 Å². The Morgan fingerprint density at radius 1 is 1.16 bits per heavy atom. The van der Waals surface area contributed by atoms with Gasteiger partial charge in [0.05, 0.1) is 22.2 Å². The average molecular weight is 471 g/mol. The molecule has 2 fully saturated rings. The van der Waals surface area contributed by atoms with Crippen molar-refractivity contribution in [3.05, 3.63) is 59.5 Å². The van der Waals surface area contributed by atoms with Gasteiger partial charge in [-0.3, -0.25) is 0 Å². The molecule has 0 aliphatic heterocycles. The molecule has 2 N–H and O–H groups in total. The van der Waals surface area contributed by atoms with Gasteiger partial charge in [-0.15, -0.1) is 0 Å². The number of carboxylic acid groups (broad SMARTS) is 1. The van der Waals surface area contributed by atoms with Crippen LogP contribution in [-0.4, -0.2) is 21.6 Å². The van der Waals surface area contributed by atoms with E-state index in [9.17, 15) is 14.3 Å². The lowest BCUT2D eigenvalue weighted by atomic mass is 10.1. The summed E-state index contributed by atoms with van der Waals surface area (Å²) in [6, 6.07) is 10.3. The molecule has 1 heterocycles. The monoisotopic (exact) mass is 470 g/mol. The maximum absolute atomic E-state index is 14.9. The van der Waals surface area contributed by atoms with Crippen LogP contribution in [0.25, 0.3) is 10.4 Å². The maximum Gasteiger partial charge on any atom is 0.335 e. The van der Waals surface area contributed by atoms with Gasteiger partial charge >= 0.3 is 5.97 Å². The number of nitrogens with one attached hydrogen (secondary N) is 1. The molecule has 3 aromatic rings. The van der Waals surface area contributed by atoms with Crippen molar-refractivity contribution in [3.8, 4) is 16.2 Å². The smallest absolute Gasteiger partial charge is 0.335 e. The van der Waals surface area contributed by atoms with E-state index in [-0.39, 0.29) is 17.5 Å². The molecule has 0 spiro atoms. The van der Waals surface area contributed by atoms with E-state index in [4.69, 9.17) is 4.74 Å². The molecular formula is C24H23FN2O3S2. The third kappa shape index (κ3) is 4.61. The van der Waals surface area contributed by atoms with Crippen molar-refractivity contribution in [2.45, 2.75) is 55.4 Å². The van der Waals surface area contributed by atoms with Crippen molar-refractivity contribution in [1.29, 1.82) is 0 Å². The van der Waals surface area contributed by atoms with Crippen LogP contribution in [0.15, 0.2) is 47.5 Å². The zero-order valence-electron chi connectivity index (χ0n) is 17.3. The number of aromatic nitrogens is 1. The number of rotatable bonds is 8. The number of ether oxygens (including phenoxy) is 1. The molecule has 32 heavy (non-hydrogen) atoms. The van der Waals surface area contributed by atoms with E-state index in [0.717, 1.165) is 53.9 Å². The van der Waals surface area contributed by atoms with Crippen LogP contribution >= 0.6 is 23.5 Å². The molecule has 8 heteroatoms. The summed E-state index contributed by atoms with van der Waals surface area (Å²) in [6.07, 6.45) is 8.15. The molecular weight excluding hydrogens is 447 g/mol. The lowest BCUT2D eigenvalue weighted by molar-refractivity contribution is 0.0696. The van der Waals surface area contributed by atoms with E-state index in [2.05, 4.69) is 9.10 Å². The van der Waals surface area contributed by atoms with E-state index in [0.29, 0.717) is 22.9 Å². The first kappa shape index (κ1) is 21.3. The second-order valence-corrected chi connectivity index (χ2v) is 9.95. The minimum atomic E-state index is -0.950. The van der Waals surface area contributed by atoms with Gasteiger partial charge in [0.1, 0.15) is 11.6 Å². The molecule has 0 amide bonds. The Morgan fingerprint density at radius 3 is 2.66 bits per heavy atom. The lowest BCUT2D eigenvalue weighted by Crippen LogP contribution is -2.12. The maximum atomic E-state index is 14.9. The van der Waals surface area contributed by atoms with Crippen molar-refractivity contribution in [2.24, 2.45) is 0 Å². The SMILES string of the molecule is O=C(O)c1ccc(C2CC2)c(SNc2cc(-c3ccns3)c(F)cc2OC2CCCC2)c1. The van der Waals surface area contributed by atoms with Crippen LogP contribution in [0.3, 0.4) is 0 Å². The lowest BCUT2D eigenvalue weighted by Gasteiger charge is -2.19. The Bertz CT molecular complexity index is 1130. The first-order valence-electron chi connectivity index (χ1n) is 10.8. The predicted molar refractivity (Wildman–Crippen MR) is 125 cm³/mol. The highest BCUT2D eigenvalue weighted by molar-refractivity contribution is 8.00. The van der Waals surface area contributed by atoms with E-state index < -0.39 is 5.97 Å². The topological polar surface area (TPSA) is 71.5 Å². The molecule has 0 radical (unpaired) electrons. The van der Waals surface area contributed by atoms with E-state index in [1.165, 1.54) is 29.5 Å². The summed E-state index contributed by atoms with van der Waals surface area (Å²) in [7, 11) is 0. The van der Waals surface area contributed by atoms with Gasteiger partial charge in [0.15, 0.2) is 0 Å². The van der Waals surface area contributed by atoms with Gasteiger partial charge in [-0.2, -0.15) is 0 Å². The van der Waals surface area contributed by atoms with Crippen molar-refractivity contribution < 1.29 is 19.0 Å². The summed E-state index contributed by atoms with van der Waals surface area (Å²) in [4.78, 5) is 13.1. The fourth-order valence-corrected chi connectivity index (χ4v) is 5.59. The first-order valence-corrected chi connectivity index (χ1v) is 12.4. The highest BCUT2D eigenvalue weighted by atomic mass is 32.2. The Balaban J connectivity index is 1.47. The number of carbonyl (C=O) groups is 1. The number of hydrogen-bond donors (Lipinski definition) is 2. The number of halogens is 1. The Labute approximate surface area is 194 Å². The molecule has 2 aliphatic rings. The molecule has 166 valence electrons. The highest BCUT2D eigenvalue weighted by Gasteiger charge is 2.27. The third-order valence-electron chi connectivity index (χ3n) is 5.92. The fourth-order valence-electron chi connectivity index (χ4n) is 4.06. The predicted octanol–water partition coefficient (Wildman–Crippen LogP) is 6.97. The third-order valence-corrected chi connectivity index (χ3v) is 7.59. The van der Waals surface area contributed by atoms with Crippen LogP contribution in [0.1, 0.15) is 60.4 Å². The normalized spacial score (nSPS) is 16.3. The van der Waals surface area contributed by atoms with Crippen molar-refractivity contribution in [2.75, 3.05) is 4.72 Å². The summed E-state index contributed by atoms with van der Waals surface area (Å²) in [5, 5.41) is 9.42. The minimum Gasteiger partial charge on any atom is -0.488 e. The van der Waals surface area contributed by atoms with Crippen LogP contribution in [-0.2, 0) is 0 Å². The second kappa shape index (κ2) is 9.11. The molecule has 2 saturated carbocycles. The zero-order valence-corrected chi connectivity index (χ0v) is 19.0. The van der Waals surface area contributed by atoms with Gasteiger partial charge in [-0.25, -0.2) is 13.6 Å². The largest absolute Gasteiger partial charge is 0.488 e. The summed E-state index contributed by atoms with van der Waals surface area (Å²) in [6.45, 7) is 0. The zero-order chi connectivity index (χ0) is 22.1. The molecule has 0 saturated heterocycles. The van der Waals surface area contributed by atoms with Crippen molar-refractivity contribution in [1.82, 2.24) is 4.37 Å². The molecule has 5 nitrogen and oxygen atoms in total. The van der Waals surface area contributed by atoms with Gasteiger partial charge in [0, 0.05) is 22.7 Å². The Morgan fingerprint density at radius 2 is 1.97 bits per heavy atom. The number of carboxylic acids is 1. The van der Waals surface area contributed by atoms with Gasteiger partial charge in [0.25, 0.3) is 0 Å². The molecule has 0 unspecified atom stereocenters. The first-order chi connectivity index (χ1) is 15.6. The summed E-state index contributed by atoms with van der Waals surface area (Å²) in [5.74, 6) is -0.340. The minimum absolute atomic E-state index is 0.0894. The van der Waals surface area contributed by atoms with Gasteiger partial charge in [-0.1, -0.05) is 6.07 Å². The second-order valence-electron chi connectivity index (χ2n) is 8.27. The average Bonchev–Trinajstić information content (AvgIpc) is 3.23. The Kier molecular flexibility index (Phi) is 6.06. The number of benzene rings is 2. The number of aromatic carboxylic acids is 1. The van der Waals surface area contributed by atoms with Gasteiger partial charge < -0.3 is 14.6 Å². The fraction of sp³-hybridized carbons (Fsp3) is 0.333. The molecule has 2 aliphatic carbocycles. The highest BCUT2D eigenvalue weighted by Crippen LogP contribution is 2.45. The number of anilines is 1. The number of nitrogens with zero attached hydrogens (tertiary/aromatic N) is 1. The molecule has 5 rings (SSSR count). The van der Waals surface area contributed by atoms with Crippen LogP contribution in [0.4, 0.5) is 10.1 Å². The van der Waals surface area contributed by atoms with Crippen LogP contribution in [0.2, 0.25) is 0 Å². The molecule has 2 aromatic carbocycles. The van der Waals surface area contributed by atoms with E-state index >= 15 is 0 Å². The van der Waals surface area contributed by atoms with Crippen LogP contribution in [0, 0.1) is 5.82 Å². The van der Waals surface area contributed by atoms with Gasteiger partial charge in [-0.05, 0) is 97.8 Å². The standard InChI is InChI=1S/C24H23FN2O3S2/c25-19-13-21(30-16-3-1-2-4-16)20(12-18(19)22-9-10-26-31-22)27-32-23-11-15(24(28)29)7-8-17(23)14-5-6-14/h7-14,16,27H,1-6H2,(H,28,29). The quantitative estimate of drug-likeness (QED) is 0.347. The Hall–Kier alpha value is -2.58. The van der Waals surface area contributed by atoms with Crippen molar-refractivity contribution >= 4 is 35.1 Å². The van der Waals surface area contributed by atoms with E-state index in [1.807, 2.05) is 6.07 Å². The van der Waals surface area contributed by atoms with Crippen LogP contribution < -0.4 is 9.46 Å². The summed E-state index contributed by atoms with van der Waals surface area (Å²) < 4.78 is 28.6. The molecule has 0 bridgehead atoms. The molecule has 1 aromatic heterocycles. The van der Waals surface area contributed by atoms with Crippen LogP contribution in [0.5, 0.6) is 5.75 Å². The molecule has 0 atom stereocenters. The van der Waals surface area contributed by atoms with Gasteiger partial charge in [0.2, 0.25) is 0 Å². The van der Waals surface area contributed by atoms with Crippen molar-refractivity contribution in [3.63, 3.8) is 0 Å².